The predicted octanol–water partition coefficient (Wildman–Crippen LogP) is 5.56. The third-order valence-corrected chi connectivity index (χ3v) is 7.16. The van der Waals surface area contributed by atoms with Crippen molar-refractivity contribution < 1.29 is 23.5 Å². The van der Waals surface area contributed by atoms with E-state index in [2.05, 4.69) is 47.8 Å². The monoisotopic (exact) mass is 563 g/mol. The number of likely N-dealkylation sites (N-methyl/N-ethyl adjacent to an activating group) is 1. The minimum Gasteiger partial charge on any atom is -0.494 e. The number of nitrogens with one attached hydrogen (secondary N) is 1. The molecule has 0 aliphatic rings. The number of quaternary nitrogens is 1. The van der Waals surface area contributed by atoms with Crippen LogP contribution in [0.1, 0.15) is 54.4 Å². The third-order valence-electron chi connectivity index (χ3n) is 6.81. The second-order valence-electron chi connectivity index (χ2n) is 11.1. The molecule has 0 saturated heterocycles. The van der Waals surface area contributed by atoms with Crippen LogP contribution in [-0.4, -0.2) is 56.7 Å². The fourth-order valence-electron chi connectivity index (χ4n) is 4.44. The summed E-state index contributed by atoms with van der Waals surface area (Å²) in [6.45, 7) is 1.38. The SMILES string of the molecule is C[N+](C)(C)C(Cc1ccccc1)C(=O)NCCCCCCCCOc1ccc(OC(=O)c2cccc(P)c2)cc1. The quantitative estimate of drug-likeness (QED) is 0.0815. The van der Waals surface area contributed by atoms with E-state index in [1.807, 2.05) is 42.5 Å². The summed E-state index contributed by atoms with van der Waals surface area (Å²) in [5, 5.41) is 4.10. The molecule has 0 fully saturated rings. The molecule has 3 aromatic rings. The fraction of sp³-hybridized carbons (Fsp3) is 0.394. The Morgan fingerprint density at radius 3 is 2.12 bits per heavy atom. The lowest BCUT2D eigenvalue weighted by Crippen LogP contribution is -2.55. The summed E-state index contributed by atoms with van der Waals surface area (Å²) in [5.74, 6) is 1.01. The molecule has 0 heterocycles. The molecule has 0 bridgehead atoms. The van der Waals surface area contributed by atoms with Crippen LogP contribution in [0.4, 0.5) is 0 Å². The van der Waals surface area contributed by atoms with Gasteiger partial charge in [-0.25, -0.2) is 4.79 Å². The number of benzene rings is 3. The first-order valence-electron chi connectivity index (χ1n) is 14.2. The molecule has 0 saturated carbocycles. The molecule has 1 amide bonds. The van der Waals surface area contributed by atoms with Crippen LogP contribution in [-0.2, 0) is 11.2 Å². The zero-order valence-electron chi connectivity index (χ0n) is 24.1. The highest BCUT2D eigenvalue weighted by Gasteiger charge is 2.31. The van der Waals surface area contributed by atoms with Gasteiger partial charge < -0.3 is 19.3 Å². The topological polar surface area (TPSA) is 64.6 Å². The van der Waals surface area contributed by atoms with E-state index in [1.165, 1.54) is 5.56 Å². The van der Waals surface area contributed by atoms with Gasteiger partial charge >= 0.3 is 5.97 Å². The van der Waals surface area contributed by atoms with Gasteiger partial charge in [-0.2, -0.15) is 0 Å². The van der Waals surface area contributed by atoms with Crippen molar-refractivity contribution in [3.05, 3.63) is 90.0 Å². The van der Waals surface area contributed by atoms with E-state index in [1.54, 1.807) is 24.3 Å². The molecule has 1 N–H and O–H groups in total. The summed E-state index contributed by atoms with van der Waals surface area (Å²) in [6, 6.07) is 24.5. The van der Waals surface area contributed by atoms with E-state index in [9.17, 15) is 9.59 Å². The molecule has 40 heavy (non-hydrogen) atoms. The number of hydrogen-bond donors (Lipinski definition) is 1. The lowest BCUT2D eigenvalue weighted by molar-refractivity contribution is -0.886. The van der Waals surface area contributed by atoms with Crippen molar-refractivity contribution in [2.24, 2.45) is 0 Å². The van der Waals surface area contributed by atoms with Crippen LogP contribution in [0.15, 0.2) is 78.9 Å². The van der Waals surface area contributed by atoms with Crippen LogP contribution >= 0.6 is 9.24 Å². The molecule has 0 aliphatic carbocycles. The molecule has 3 aromatic carbocycles. The van der Waals surface area contributed by atoms with Crippen LogP contribution in [0.2, 0.25) is 0 Å². The molecule has 2 unspecified atom stereocenters. The number of hydrogen-bond acceptors (Lipinski definition) is 4. The molecular formula is C33H44N2O4P+. The zero-order chi connectivity index (χ0) is 28.8. The van der Waals surface area contributed by atoms with Gasteiger partial charge in [0.05, 0.1) is 33.3 Å². The van der Waals surface area contributed by atoms with E-state index in [-0.39, 0.29) is 17.9 Å². The van der Waals surface area contributed by atoms with Crippen molar-refractivity contribution in [2.75, 3.05) is 34.3 Å². The Bertz CT molecular complexity index is 1190. The van der Waals surface area contributed by atoms with Crippen molar-refractivity contribution in [3.8, 4) is 11.5 Å². The average molecular weight is 564 g/mol. The maximum atomic E-state index is 12.9. The van der Waals surface area contributed by atoms with Crippen LogP contribution < -0.4 is 20.1 Å². The number of amides is 1. The zero-order valence-corrected chi connectivity index (χ0v) is 25.3. The normalized spacial score (nSPS) is 12.0. The lowest BCUT2D eigenvalue weighted by atomic mass is 10.0. The first-order chi connectivity index (χ1) is 19.2. The summed E-state index contributed by atoms with van der Waals surface area (Å²) in [6.07, 6.45) is 7.25. The number of unbranched alkanes of at least 4 members (excludes halogenated alkanes) is 5. The molecule has 3 rings (SSSR count). The van der Waals surface area contributed by atoms with Crippen molar-refractivity contribution in [3.63, 3.8) is 0 Å². The molecule has 0 aromatic heterocycles. The second kappa shape index (κ2) is 16.2. The number of esters is 1. The molecule has 7 heteroatoms. The molecule has 0 spiro atoms. The van der Waals surface area contributed by atoms with Gasteiger partial charge in [0.2, 0.25) is 0 Å². The van der Waals surface area contributed by atoms with E-state index in [0.29, 0.717) is 22.4 Å². The summed E-state index contributed by atoms with van der Waals surface area (Å²) in [7, 11) is 8.81. The van der Waals surface area contributed by atoms with Crippen molar-refractivity contribution >= 4 is 26.4 Å². The standard InChI is InChI=1S/C33H43N2O4P/c1-35(2,3)31(24-26-14-9-8-10-15-26)32(36)34-22-11-6-4-5-7-12-23-38-28-18-20-29(21-19-28)39-33(37)27-16-13-17-30(40)25-27/h8-10,13-21,25,31H,4-7,11-12,22-24,40H2,1-3H3/p+1. The second-order valence-corrected chi connectivity index (χ2v) is 11.7. The van der Waals surface area contributed by atoms with Gasteiger partial charge in [-0.15, -0.1) is 9.24 Å². The van der Waals surface area contributed by atoms with Crippen molar-refractivity contribution in [1.82, 2.24) is 5.32 Å². The van der Waals surface area contributed by atoms with Crippen LogP contribution in [0.25, 0.3) is 0 Å². The summed E-state index contributed by atoms with van der Waals surface area (Å²) in [5.41, 5.74) is 1.71. The number of carbonyl (C=O) groups is 2. The Morgan fingerprint density at radius 1 is 0.800 bits per heavy atom. The minimum atomic E-state index is -0.378. The average Bonchev–Trinajstić information content (AvgIpc) is 2.93. The molecule has 0 aliphatic heterocycles. The smallest absolute Gasteiger partial charge is 0.343 e. The van der Waals surface area contributed by atoms with Gasteiger partial charge in [0.25, 0.3) is 5.91 Å². The largest absolute Gasteiger partial charge is 0.494 e. The number of ether oxygens (including phenoxy) is 2. The van der Waals surface area contributed by atoms with E-state index in [0.717, 1.165) is 62.5 Å². The van der Waals surface area contributed by atoms with Crippen LogP contribution in [0, 0.1) is 0 Å². The molecule has 0 radical (unpaired) electrons. The minimum absolute atomic E-state index is 0.105. The van der Waals surface area contributed by atoms with Gasteiger partial charge in [0.1, 0.15) is 11.5 Å². The predicted molar refractivity (Wildman–Crippen MR) is 165 cm³/mol. The first kappa shape index (κ1) is 31.3. The number of rotatable bonds is 16. The van der Waals surface area contributed by atoms with Gasteiger partial charge in [0, 0.05) is 13.0 Å². The maximum absolute atomic E-state index is 12.9. The van der Waals surface area contributed by atoms with E-state index < -0.39 is 0 Å². The first-order valence-corrected chi connectivity index (χ1v) is 14.7. The fourth-order valence-corrected chi connectivity index (χ4v) is 4.74. The van der Waals surface area contributed by atoms with Crippen LogP contribution in [0.5, 0.6) is 11.5 Å². The van der Waals surface area contributed by atoms with Gasteiger partial charge in [-0.1, -0.05) is 68.1 Å². The molecule has 214 valence electrons. The molecule has 2 atom stereocenters. The van der Waals surface area contributed by atoms with Gasteiger partial charge in [-0.3, -0.25) is 4.79 Å². The van der Waals surface area contributed by atoms with E-state index in [4.69, 9.17) is 9.47 Å². The summed E-state index contributed by atoms with van der Waals surface area (Å²) < 4.78 is 11.9. The third kappa shape index (κ3) is 11.1. The van der Waals surface area contributed by atoms with E-state index >= 15 is 0 Å². The van der Waals surface area contributed by atoms with Crippen molar-refractivity contribution in [1.29, 1.82) is 0 Å². The molecular weight excluding hydrogens is 519 g/mol. The van der Waals surface area contributed by atoms with Gasteiger partial charge in [-0.05, 0) is 60.1 Å². The maximum Gasteiger partial charge on any atom is 0.343 e. The van der Waals surface area contributed by atoms with Crippen molar-refractivity contribution in [2.45, 2.75) is 51.0 Å². The Labute approximate surface area is 241 Å². The Morgan fingerprint density at radius 2 is 1.45 bits per heavy atom. The Kier molecular flexibility index (Phi) is 12.6. The highest BCUT2D eigenvalue weighted by molar-refractivity contribution is 7.27. The summed E-state index contributed by atoms with van der Waals surface area (Å²) >= 11 is 0. The van der Waals surface area contributed by atoms with Crippen LogP contribution in [0.3, 0.4) is 0 Å². The highest BCUT2D eigenvalue weighted by atomic mass is 31.0. The Hall–Kier alpha value is -3.21. The highest BCUT2D eigenvalue weighted by Crippen LogP contribution is 2.19. The number of carbonyl (C=O) groups excluding carboxylic acids is 2. The molecule has 6 nitrogen and oxygen atoms in total. The lowest BCUT2D eigenvalue weighted by Gasteiger charge is -2.33. The number of nitrogens with zero attached hydrogens (tertiary/aromatic N) is 1. The Balaban J connectivity index is 1.23. The van der Waals surface area contributed by atoms with Gasteiger partial charge in [0.15, 0.2) is 6.04 Å². The summed E-state index contributed by atoms with van der Waals surface area (Å²) in [4.78, 5) is 25.2.